The van der Waals surface area contributed by atoms with Crippen molar-refractivity contribution >= 4 is 33.0 Å². The Kier molecular flexibility index (Phi) is 4.59. The molecule has 0 aliphatic heterocycles. The Morgan fingerprint density at radius 3 is 2.47 bits per heavy atom. The minimum atomic E-state index is -3.54. The fourth-order valence-corrected chi connectivity index (χ4v) is 4.12. The number of sulfonamides is 1. The predicted molar refractivity (Wildman–Crippen MR) is 77.9 cm³/mol. The molecule has 1 heterocycles. The molecular formula is C12H13ClN2O2S2. The van der Waals surface area contributed by atoms with E-state index in [0.29, 0.717) is 4.34 Å². The van der Waals surface area contributed by atoms with E-state index in [1.165, 1.54) is 6.07 Å². The van der Waals surface area contributed by atoms with Crippen molar-refractivity contribution in [3.63, 3.8) is 0 Å². The van der Waals surface area contributed by atoms with Crippen molar-refractivity contribution in [1.82, 2.24) is 4.72 Å². The van der Waals surface area contributed by atoms with E-state index in [9.17, 15) is 8.42 Å². The number of benzene rings is 1. The summed E-state index contributed by atoms with van der Waals surface area (Å²) in [6.45, 7) is 0.141. The Labute approximate surface area is 121 Å². The zero-order valence-corrected chi connectivity index (χ0v) is 12.3. The maximum absolute atomic E-state index is 12.0. The highest BCUT2D eigenvalue weighted by Crippen LogP contribution is 2.25. The number of thiophene rings is 1. The van der Waals surface area contributed by atoms with Crippen LogP contribution < -0.4 is 10.5 Å². The lowest BCUT2D eigenvalue weighted by atomic mass is 10.1. The average Bonchev–Trinajstić information content (AvgIpc) is 2.85. The van der Waals surface area contributed by atoms with Crippen LogP contribution in [0.15, 0.2) is 46.7 Å². The third-order valence-corrected chi connectivity index (χ3v) is 5.68. The van der Waals surface area contributed by atoms with Crippen LogP contribution in [0.1, 0.15) is 11.6 Å². The molecule has 0 fully saturated rings. The SMILES string of the molecule is N[C@H](CNS(=O)(=O)c1ccc(Cl)s1)c1ccccc1. The van der Waals surface area contributed by atoms with Gasteiger partial charge in [-0.05, 0) is 17.7 Å². The highest BCUT2D eigenvalue weighted by molar-refractivity contribution is 7.91. The van der Waals surface area contributed by atoms with Crippen LogP contribution in [-0.2, 0) is 10.0 Å². The van der Waals surface area contributed by atoms with Crippen molar-refractivity contribution in [2.45, 2.75) is 10.3 Å². The number of hydrogen-bond donors (Lipinski definition) is 2. The minimum absolute atomic E-state index is 0.141. The maximum Gasteiger partial charge on any atom is 0.250 e. The van der Waals surface area contributed by atoms with Crippen molar-refractivity contribution in [3.05, 3.63) is 52.4 Å². The van der Waals surface area contributed by atoms with Gasteiger partial charge in [-0.15, -0.1) is 11.3 Å². The Morgan fingerprint density at radius 2 is 1.89 bits per heavy atom. The van der Waals surface area contributed by atoms with Crippen molar-refractivity contribution < 1.29 is 8.42 Å². The van der Waals surface area contributed by atoms with E-state index in [-0.39, 0.29) is 16.8 Å². The third kappa shape index (κ3) is 3.77. The van der Waals surface area contributed by atoms with E-state index in [2.05, 4.69) is 4.72 Å². The summed E-state index contributed by atoms with van der Waals surface area (Å²) >= 11 is 6.74. The number of nitrogens with one attached hydrogen (secondary N) is 1. The van der Waals surface area contributed by atoms with Crippen molar-refractivity contribution in [2.75, 3.05) is 6.54 Å². The van der Waals surface area contributed by atoms with E-state index in [4.69, 9.17) is 17.3 Å². The topological polar surface area (TPSA) is 72.2 Å². The summed E-state index contributed by atoms with van der Waals surface area (Å²) in [5, 5.41) is 0. The normalized spacial score (nSPS) is 13.4. The molecular weight excluding hydrogens is 304 g/mol. The summed E-state index contributed by atoms with van der Waals surface area (Å²) in [6.07, 6.45) is 0. The molecule has 2 rings (SSSR count). The second-order valence-corrected chi connectivity index (χ2v) is 7.64. The molecule has 4 nitrogen and oxygen atoms in total. The number of rotatable bonds is 5. The number of halogens is 1. The summed E-state index contributed by atoms with van der Waals surface area (Å²) < 4.78 is 27.0. The van der Waals surface area contributed by atoms with Gasteiger partial charge in [-0.25, -0.2) is 13.1 Å². The van der Waals surface area contributed by atoms with Crippen molar-refractivity contribution in [3.8, 4) is 0 Å². The van der Waals surface area contributed by atoms with Gasteiger partial charge in [0.25, 0.3) is 0 Å². The predicted octanol–water partition coefficient (Wildman–Crippen LogP) is 2.38. The van der Waals surface area contributed by atoms with Crippen LogP contribution in [0, 0.1) is 0 Å². The Balaban J connectivity index is 2.03. The van der Waals surface area contributed by atoms with Gasteiger partial charge in [0.2, 0.25) is 10.0 Å². The van der Waals surface area contributed by atoms with E-state index >= 15 is 0 Å². The zero-order valence-electron chi connectivity index (χ0n) is 9.91. The molecule has 0 bridgehead atoms. The molecule has 0 aliphatic carbocycles. The highest BCUT2D eigenvalue weighted by Gasteiger charge is 2.17. The molecule has 0 unspecified atom stereocenters. The molecule has 0 saturated carbocycles. The van der Waals surface area contributed by atoms with Crippen LogP contribution in [-0.4, -0.2) is 15.0 Å². The van der Waals surface area contributed by atoms with Gasteiger partial charge in [-0.2, -0.15) is 0 Å². The lowest BCUT2D eigenvalue weighted by Crippen LogP contribution is -2.31. The van der Waals surface area contributed by atoms with E-state index in [1.54, 1.807) is 6.07 Å². The van der Waals surface area contributed by atoms with Crippen LogP contribution in [0.3, 0.4) is 0 Å². The quantitative estimate of drug-likeness (QED) is 0.889. The molecule has 19 heavy (non-hydrogen) atoms. The van der Waals surface area contributed by atoms with Crippen LogP contribution in [0.5, 0.6) is 0 Å². The second-order valence-electron chi connectivity index (χ2n) is 3.93. The summed E-state index contributed by atoms with van der Waals surface area (Å²) in [5.74, 6) is 0. The molecule has 1 aromatic heterocycles. The van der Waals surface area contributed by atoms with Gasteiger partial charge in [-0.1, -0.05) is 41.9 Å². The fourth-order valence-electron chi connectivity index (χ4n) is 1.53. The Hall–Kier alpha value is -0.920. The van der Waals surface area contributed by atoms with Gasteiger partial charge >= 0.3 is 0 Å². The van der Waals surface area contributed by atoms with E-state index in [1.807, 2.05) is 30.3 Å². The highest BCUT2D eigenvalue weighted by atomic mass is 35.5. The maximum atomic E-state index is 12.0. The minimum Gasteiger partial charge on any atom is -0.323 e. The first-order valence-corrected chi connectivity index (χ1v) is 8.22. The molecule has 7 heteroatoms. The molecule has 0 spiro atoms. The largest absolute Gasteiger partial charge is 0.323 e. The lowest BCUT2D eigenvalue weighted by Gasteiger charge is -2.12. The monoisotopic (exact) mass is 316 g/mol. The molecule has 1 atom stereocenters. The van der Waals surface area contributed by atoms with Gasteiger partial charge in [-0.3, -0.25) is 0 Å². The number of hydrogen-bond acceptors (Lipinski definition) is 4. The first-order chi connectivity index (χ1) is 8.99. The molecule has 1 aromatic carbocycles. The lowest BCUT2D eigenvalue weighted by molar-refractivity contribution is 0.574. The molecule has 0 radical (unpaired) electrons. The Bertz CT molecular complexity index is 641. The van der Waals surface area contributed by atoms with Gasteiger partial charge in [0, 0.05) is 12.6 Å². The first-order valence-electron chi connectivity index (χ1n) is 5.54. The van der Waals surface area contributed by atoms with Gasteiger partial charge in [0.1, 0.15) is 4.21 Å². The van der Waals surface area contributed by atoms with Crippen LogP contribution in [0.4, 0.5) is 0 Å². The third-order valence-electron chi connectivity index (χ3n) is 2.53. The standard InChI is InChI=1S/C12H13ClN2O2S2/c13-11-6-7-12(18-11)19(16,17)15-8-10(14)9-4-2-1-3-5-9/h1-7,10,15H,8,14H2/t10-/m1/s1. The molecule has 0 amide bonds. The second kappa shape index (κ2) is 6.02. The zero-order chi connectivity index (χ0) is 13.9. The average molecular weight is 317 g/mol. The van der Waals surface area contributed by atoms with Crippen molar-refractivity contribution in [1.29, 1.82) is 0 Å². The van der Waals surface area contributed by atoms with Crippen molar-refractivity contribution in [2.24, 2.45) is 5.73 Å². The van der Waals surface area contributed by atoms with Gasteiger partial charge in [0.15, 0.2) is 0 Å². The van der Waals surface area contributed by atoms with Crippen LogP contribution >= 0.6 is 22.9 Å². The number of nitrogens with two attached hydrogens (primary N) is 1. The molecule has 102 valence electrons. The van der Waals surface area contributed by atoms with Gasteiger partial charge < -0.3 is 5.73 Å². The summed E-state index contributed by atoms with van der Waals surface area (Å²) in [5.41, 5.74) is 6.82. The summed E-state index contributed by atoms with van der Waals surface area (Å²) in [4.78, 5) is 0. The molecule has 0 aliphatic rings. The van der Waals surface area contributed by atoms with Gasteiger partial charge in [0.05, 0.1) is 4.34 Å². The smallest absolute Gasteiger partial charge is 0.250 e. The van der Waals surface area contributed by atoms with E-state index < -0.39 is 10.0 Å². The van der Waals surface area contributed by atoms with Crippen LogP contribution in [0.25, 0.3) is 0 Å². The summed E-state index contributed by atoms with van der Waals surface area (Å²) in [7, 11) is -3.54. The molecule has 3 N–H and O–H groups in total. The molecule has 2 aromatic rings. The van der Waals surface area contributed by atoms with Crippen LogP contribution in [0.2, 0.25) is 4.34 Å². The summed E-state index contributed by atoms with van der Waals surface area (Å²) in [6, 6.07) is 12.0. The molecule has 0 saturated heterocycles. The van der Waals surface area contributed by atoms with E-state index in [0.717, 1.165) is 16.9 Å². The Morgan fingerprint density at radius 1 is 1.21 bits per heavy atom. The first kappa shape index (κ1) is 14.5. The fraction of sp³-hybridized carbons (Fsp3) is 0.167.